The molecule has 0 radical (unpaired) electrons. The number of unbranched alkanes of at least 4 members (excludes halogenated alkanes) is 18. The van der Waals surface area contributed by atoms with Gasteiger partial charge in [-0.25, -0.2) is 0 Å². The first-order valence-corrected chi connectivity index (χ1v) is 20.2. The third kappa shape index (κ3) is 35.6. The molecule has 0 fully saturated rings. The minimum Gasteiger partial charge on any atom is -0.433 e. The van der Waals surface area contributed by atoms with Gasteiger partial charge in [-0.05, 0) is 91.1 Å². The number of rotatable bonds is 36. The van der Waals surface area contributed by atoms with E-state index in [-0.39, 0.29) is 12.1 Å². The molecule has 0 heterocycles. The van der Waals surface area contributed by atoms with Crippen LogP contribution >= 0.6 is 0 Å². The minimum atomic E-state index is -0.660. The van der Waals surface area contributed by atoms with Crippen molar-refractivity contribution in [3.63, 3.8) is 0 Å². The lowest BCUT2D eigenvalue weighted by molar-refractivity contribution is -0.211. The van der Waals surface area contributed by atoms with Crippen LogP contribution < -0.4 is 0 Å². The van der Waals surface area contributed by atoms with Crippen molar-refractivity contribution in [1.82, 2.24) is 4.90 Å². The molecule has 2 atom stereocenters. The Morgan fingerprint density at radius 1 is 0.521 bits per heavy atom. The average Bonchev–Trinajstić information content (AvgIpc) is 3.06. The van der Waals surface area contributed by atoms with Crippen molar-refractivity contribution in [2.45, 2.75) is 187 Å². The van der Waals surface area contributed by atoms with Gasteiger partial charge in [0, 0.05) is 20.1 Å². The molecule has 5 heteroatoms. The molecule has 0 saturated carbocycles. The maximum atomic E-state index is 11.9. The fourth-order valence-corrected chi connectivity index (χ4v) is 5.57. The Bertz CT molecular complexity index is 788. The lowest BCUT2D eigenvalue weighted by atomic mass is 10.1. The van der Waals surface area contributed by atoms with Gasteiger partial charge in [0.1, 0.15) is 6.10 Å². The molecule has 0 aromatic carbocycles. The molecule has 0 bridgehead atoms. The molecule has 0 saturated heterocycles. The van der Waals surface area contributed by atoms with E-state index >= 15 is 0 Å². The smallest absolute Gasteiger partial charge is 0.305 e. The van der Waals surface area contributed by atoms with E-state index < -0.39 is 6.29 Å². The molecule has 0 rings (SSSR count). The van der Waals surface area contributed by atoms with E-state index in [1.54, 1.807) is 0 Å². The van der Waals surface area contributed by atoms with Gasteiger partial charge in [-0.1, -0.05) is 140 Å². The third-order valence-corrected chi connectivity index (χ3v) is 8.43. The summed E-state index contributed by atoms with van der Waals surface area (Å²) >= 11 is 0. The number of likely N-dealkylation sites (N-methyl/N-ethyl adjacent to an activating group) is 1. The summed E-state index contributed by atoms with van der Waals surface area (Å²) in [4.78, 5) is 13.9. The molecule has 0 spiro atoms. The van der Waals surface area contributed by atoms with Crippen molar-refractivity contribution in [2.24, 2.45) is 0 Å². The van der Waals surface area contributed by atoms with Gasteiger partial charge in [-0.15, -0.1) is 0 Å². The molecule has 48 heavy (non-hydrogen) atoms. The fraction of sp³-hybridized carbons (Fsp3) is 0.791. The maximum Gasteiger partial charge on any atom is 0.305 e. The average molecular weight is 674 g/mol. The molecular formula is C43H79NO4. The summed E-state index contributed by atoms with van der Waals surface area (Å²) in [6, 6.07) is 0. The number of carbonyl (C=O) groups is 1. The molecule has 0 aliphatic carbocycles. The van der Waals surface area contributed by atoms with Crippen molar-refractivity contribution in [1.29, 1.82) is 0 Å². The monoisotopic (exact) mass is 674 g/mol. The molecule has 5 nitrogen and oxygen atoms in total. The van der Waals surface area contributed by atoms with Crippen molar-refractivity contribution in [2.75, 3.05) is 33.9 Å². The predicted molar refractivity (Wildman–Crippen MR) is 209 cm³/mol. The highest BCUT2D eigenvalue weighted by Gasteiger charge is 2.26. The summed E-state index contributed by atoms with van der Waals surface area (Å²) in [5.74, 6) is -0.321. The zero-order valence-electron chi connectivity index (χ0n) is 32.4. The third-order valence-electron chi connectivity index (χ3n) is 8.43. The molecule has 0 aliphatic heterocycles. The molecule has 280 valence electrons. The Labute approximate surface area is 299 Å². The first-order valence-electron chi connectivity index (χ1n) is 20.2. The van der Waals surface area contributed by atoms with Crippen molar-refractivity contribution in [3.8, 4) is 0 Å². The quantitative estimate of drug-likeness (QED) is 0.0287. The zero-order chi connectivity index (χ0) is 35.2. The van der Waals surface area contributed by atoms with E-state index in [0.717, 1.165) is 32.1 Å². The van der Waals surface area contributed by atoms with E-state index in [1.165, 1.54) is 129 Å². The Kier molecular flexibility index (Phi) is 36.8. The van der Waals surface area contributed by atoms with E-state index in [9.17, 15) is 4.79 Å². The summed E-state index contributed by atoms with van der Waals surface area (Å²) in [5.41, 5.74) is 0. The lowest BCUT2D eigenvalue weighted by Crippen LogP contribution is -2.42. The molecule has 0 amide bonds. The lowest BCUT2D eigenvalue weighted by Gasteiger charge is -2.29. The summed E-state index contributed by atoms with van der Waals surface area (Å²) in [5, 5.41) is 0. The van der Waals surface area contributed by atoms with Crippen LogP contribution in [0, 0.1) is 0 Å². The minimum absolute atomic E-state index is 0.286. The van der Waals surface area contributed by atoms with Crippen LogP contribution in [0.5, 0.6) is 0 Å². The highest BCUT2D eigenvalue weighted by Crippen LogP contribution is 2.14. The van der Waals surface area contributed by atoms with Crippen molar-refractivity contribution < 1.29 is 19.0 Å². The normalized spacial score (nSPS) is 13.6. The second-order valence-corrected chi connectivity index (χ2v) is 13.7. The van der Waals surface area contributed by atoms with Crippen molar-refractivity contribution in [3.05, 3.63) is 48.6 Å². The number of esters is 1. The SMILES string of the molecule is CCCCC/C=C\C/C=C\CCCCCCCCOC(CN(C)C)C(OCCCCCCCC/C=C\C/C=C\CCCCC)OC(C)=O. The first-order chi connectivity index (χ1) is 23.5. The van der Waals surface area contributed by atoms with Crippen LogP contribution in [-0.4, -0.2) is 57.1 Å². The first kappa shape index (κ1) is 46.3. The highest BCUT2D eigenvalue weighted by atomic mass is 16.7. The van der Waals surface area contributed by atoms with Crippen LogP contribution in [0.2, 0.25) is 0 Å². The number of allylic oxidation sites excluding steroid dienone is 8. The van der Waals surface area contributed by atoms with Crippen LogP contribution in [0.25, 0.3) is 0 Å². The molecule has 2 unspecified atom stereocenters. The number of hydrogen-bond donors (Lipinski definition) is 0. The molecule has 0 aromatic rings. The number of carbonyl (C=O) groups excluding carboxylic acids is 1. The van der Waals surface area contributed by atoms with E-state index in [4.69, 9.17) is 14.2 Å². The highest BCUT2D eigenvalue weighted by molar-refractivity contribution is 5.66. The van der Waals surface area contributed by atoms with Crippen LogP contribution in [0.15, 0.2) is 48.6 Å². The van der Waals surface area contributed by atoms with Crippen molar-refractivity contribution >= 4 is 5.97 Å². The number of hydrogen-bond acceptors (Lipinski definition) is 5. The molecular weight excluding hydrogens is 594 g/mol. The van der Waals surface area contributed by atoms with Gasteiger partial charge in [0.2, 0.25) is 6.29 Å². The fourth-order valence-electron chi connectivity index (χ4n) is 5.57. The maximum absolute atomic E-state index is 11.9. The van der Waals surface area contributed by atoms with Gasteiger partial charge < -0.3 is 19.1 Å². The Balaban J connectivity index is 4.05. The van der Waals surface area contributed by atoms with E-state index in [1.807, 2.05) is 14.1 Å². The molecule has 0 aliphatic rings. The zero-order valence-corrected chi connectivity index (χ0v) is 32.4. The van der Waals surface area contributed by atoms with E-state index in [0.29, 0.717) is 19.8 Å². The van der Waals surface area contributed by atoms with Crippen LogP contribution in [0.4, 0.5) is 0 Å². The second-order valence-electron chi connectivity index (χ2n) is 13.7. The standard InChI is InChI=1S/C43H79NO4/c1-6-8-10-12-14-16-18-20-22-24-26-28-30-32-34-36-38-46-42(40-44(4)5)43(48-41(3)45)47-39-37-35-33-31-29-27-25-23-21-19-17-15-13-11-9-7-2/h14-17,20-23,42-43H,6-13,18-19,24-40H2,1-5H3/b16-14-,17-15-,22-20-,23-21-. The van der Waals surface area contributed by atoms with Gasteiger partial charge in [-0.3, -0.25) is 4.79 Å². The van der Waals surface area contributed by atoms with Crippen LogP contribution in [0.1, 0.15) is 175 Å². The topological polar surface area (TPSA) is 48.0 Å². The largest absolute Gasteiger partial charge is 0.433 e. The van der Waals surface area contributed by atoms with Crippen LogP contribution in [-0.2, 0) is 19.0 Å². The summed E-state index contributed by atoms with van der Waals surface area (Å²) in [7, 11) is 4.04. The summed E-state index contributed by atoms with van der Waals surface area (Å²) in [6.45, 7) is 7.87. The van der Waals surface area contributed by atoms with Gasteiger partial charge in [0.05, 0.1) is 6.61 Å². The van der Waals surface area contributed by atoms with E-state index in [2.05, 4.69) is 67.4 Å². The summed E-state index contributed by atoms with van der Waals surface area (Å²) in [6.07, 6.45) is 46.9. The van der Waals surface area contributed by atoms with Gasteiger partial charge in [0.25, 0.3) is 0 Å². The molecule has 0 aromatic heterocycles. The number of nitrogens with zero attached hydrogens (tertiary/aromatic N) is 1. The Hall–Kier alpha value is -1.69. The second kappa shape index (κ2) is 38.1. The Morgan fingerprint density at radius 3 is 1.29 bits per heavy atom. The van der Waals surface area contributed by atoms with Gasteiger partial charge in [0.15, 0.2) is 0 Å². The van der Waals surface area contributed by atoms with Gasteiger partial charge in [-0.2, -0.15) is 0 Å². The molecule has 0 N–H and O–H groups in total. The predicted octanol–water partition coefficient (Wildman–Crippen LogP) is 12.5. The Morgan fingerprint density at radius 2 is 0.896 bits per heavy atom. The summed E-state index contributed by atoms with van der Waals surface area (Å²) < 4.78 is 17.9. The number of ether oxygens (including phenoxy) is 3. The van der Waals surface area contributed by atoms with Crippen LogP contribution in [0.3, 0.4) is 0 Å². The van der Waals surface area contributed by atoms with Gasteiger partial charge >= 0.3 is 5.97 Å².